The third-order valence-corrected chi connectivity index (χ3v) is 2.49. The van der Waals surface area contributed by atoms with Gasteiger partial charge in [0.1, 0.15) is 0 Å². The first-order chi connectivity index (χ1) is 9.40. The lowest BCUT2D eigenvalue weighted by atomic mass is 9.90. The quantitative estimate of drug-likeness (QED) is 0.730. The summed E-state index contributed by atoms with van der Waals surface area (Å²) in [5.41, 5.74) is -3.07. The maximum atomic E-state index is 13.2. The van der Waals surface area contributed by atoms with Gasteiger partial charge in [0, 0.05) is 5.56 Å². The lowest BCUT2D eigenvalue weighted by Crippen LogP contribution is -2.49. The first-order valence-corrected chi connectivity index (χ1v) is 6.01. The molecule has 108 valence electrons. The number of hydrogen-bond donors (Lipinski definition) is 1. The lowest BCUT2D eigenvalue weighted by molar-refractivity contribution is -0.239. The summed E-state index contributed by atoms with van der Waals surface area (Å²) in [5, 5.41) is 2.22. The van der Waals surface area contributed by atoms with Crippen molar-refractivity contribution in [3.63, 3.8) is 0 Å². The van der Waals surface area contributed by atoms with Crippen molar-refractivity contribution < 1.29 is 22.7 Å². The smallest absolute Gasteiger partial charge is 0.415 e. The van der Waals surface area contributed by atoms with Crippen LogP contribution in [0.4, 0.5) is 23.7 Å². The Morgan fingerprint density at radius 1 is 1.25 bits per heavy atom. The second-order valence-electron chi connectivity index (χ2n) is 3.61. The highest BCUT2D eigenvalue weighted by Gasteiger charge is 2.61. The van der Waals surface area contributed by atoms with Gasteiger partial charge >= 0.3 is 12.3 Å². The van der Waals surface area contributed by atoms with Crippen molar-refractivity contribution in [2.75, 3.05) is 5.32 Å². The van der Waals surface area contributed by atoms with Gasteiger partial charge in [0.05, 0.1) is 5.69 Å². The molecule has 2 rings (SSSR count). The van der Waals surface area contributed by atoms with E-state index in [1.165, 1.54) is 31.2 Å². The zero-order chi connectivity index (χ0) is 15.4. The molecule has 1 amide bonds. The van der Waals surface area contributed by atoms with Crippen LogP contribution in [0.3, 0.4) is 0 Å². The van der Waals surface area contributed by atoms with Crippen LogP contribution < -0.4 is 5.32 Å². The van der Waals surface area contributed by atoms with Crippen LogP contribution in [0, 0.1) is 11.8 Å². The number of carbonyl (C=O) groups excluding carboxylic acids is 1. The summed E-state index contributed by atoms with van der Waals surface area (Å²) in [6.45, 7) is 5.26. The van der Waals surface area contributed by atoms with E-state index in [9.17, 15) is 18.0 Å². The number of carbonyl (C=O) groups is 1. The molecule has 1 atom stereocenters. The highest BCUT2D eigenvalue weighted by atomic mass is 19.4. The molecule has 1 aromatic rings. The van der Waals surface area contributed by atoms with Crippen LogP contribution in [0.25, 0.3) is 0 Å². The molecule has 1 heterocycles. The topological polar surface area (TPSA) is 38.3 Å². The average molecular weight is 285 g/mol. The number of halogens is 3. The molecule has 20 heavy (non-hydrogen) atoms. The van der Waals surface area contributed by atoms with Crippen LogP contribution >= 0.6 is 0 Å². The van der Waals surface area contributed by atoms with Crippen LogP contribution in [0.15, 0.2) is 24.3 Å². The maximum absolute atomic E-state index is 13.2. The zero-order valence-corrected chi connectivity index (χ0v) is 11.3. The van der Waals surface area contributed by atoms with E-state index in [2.05, 4.69) is 16.0 Å². The number of amides is 1. The molecule has 0 radical (unpaired) electrons. The van der Waals surface area contributed by atoms with Crippen molar-refractivity contribution in [3.8, 4) is 11.8 Å². The third kappa shape index (κ3) is 2.57. The number of benzene rings is 1. The largest absolute Gasteiger partial charge is 0.445 e. The Morgan fingerprint density at radius 3 is 2.40 bits per heavy atom. The molecule has 1 aliphatic rings. The van der Waals surface area contributed by atoms with Crippen molar-refractivity contribution >= 4 is 11.8 Å². The van der Waals surface area contributed by atoms with Gasteiger partial charge in [-0.2, -0.15) is 13.2 Å². The summed E-state index contributed by atoms with van der Waals surface area (Å²) in [5.74, 6) is 4.14. The molecule has 0 saturated carbocycles. The molecule has 0 saturated heterocycles. The molecular formula is C14H14F3NO2. The molecule has 0 bridgehead atoms. The summed E-state index contributed by atoms with van der Waals surface area (Å²) in [4.78, 5) is 11.3. The standard InChI is InChI=1S/C12H8F3NO2.C2H6/c1-2-7-11(12(13,14)15)8-5-3-4-6-9(8)16-10(17)18-11;1-2/h3-6H,1H3,(H,16,17);1-2H3. The van der Waals surface area contributed by atoms with Gasteiger partial charge < -0.3 is 4.74 Å². The zero-order valence-electron chi connectivity index (χ0n) is 11.3. The van der Waals surface area contributed by atoms with E-state index in [0.29, 0.717) is 0 Å². The van der Waals surface area contributed by atoms with Crippen LogP contribution in [-0.2, 0) is 10.3 Å². The van der Waals surface area contributed by atoms with Gasteiger partial charge in [-0.3, -0.25) is 5.32 Å². The Morgan fingerprint density at radius 2 is 1.85 bits per heavy atom. The van der Waals surface area contributed by atoms with E-state index in [0.717, 1.165) is 0 Å². The summed E-state index contributed by atoms with van der Waals surface area (Å²) < 4.78 is 44.1. The Labute approximate surface area is 115 Å². The Kier molecular flexibility index (Phi) is 4.66. The van der Waals surface area contributed by atoms with Gasteiger partial charge in [-0.1, -0.05) is 32.0 Å². The minimum absolute atomic E-state index is 0.0498. The van der Waals surface area contributed by atoms with Gasteiger partial charge in [0.15, 0.2) is 0 Å². The molecule has 1 aromatic carbocycles. The normalized spacial score (nSPS) is 20.2. The second kappa shape index (κ2) is 5.87. The molecule has 1 aliphatic heterocycles. The minimum atomic E-state index is -4.82. The van der Waals surface area contributed by atoms with Crippen molar-refractivity contribution in [2.24, 2.45) is 0 Å². The fraction of sp³-hybridized carbons (Fsp3) is 0.357. The predicted molar refractivity (Wildman–Crippen MR) is 69.1 cm³/mol. The second-order valence-corrected chi connectivity index (χ2v) is 3.61. The molecule has 1 unspecified atom stereocenters. The first-order valence-electron chi connectivity index (χ1n) is 6.01. The number of para-hydroxylation sites is 1. The van der Waals surface area contributed by atoms with Crippen LogP contribution in [0.5, 0.6) is 0 Å². The molecule has 0 aliphatic carbocycles. The lowest BCUT2D eigenvalue weighted by Gasteiger charge is -2.35. The SMILES string of the molecule is CC.CC#CC1(C(F)(F)F)OC(=O)Nc2ccccc21. The van der Waals surface area contributed by atoms with E-state index in [4.69, 9.17) is 0 Å². The monoisotopic (exact) mass is 285 g/mol. The van der Waals surface area contributed by atoms with E-state index in [1.54, 1.807) is 0 Å². The van der Waals surface area contributed by atoms with Crippen molar-refractivity contribution in [1.29, 1.82) is 0 Å². The molecule has 1 N–H and O–H groups in total. The van der Waals surface area contributed by atoms with Crippen molar-refractivity contribution in [1.82, 2.24) is 0 Å². The Hall–Kier alpha value is -2.16. The van der Waals surface area contributed by atoms with Gasteiger partial charge in [-0.05, 0) is 18.9 Å². The number of anilines is 1. The minimum Gasteiger partial charge on any atom is -0.415 e. The number of rotatable bonds is 0. The van der Waals surface area contributed by atoms with E-state index < -0.39 is 17.9 Å². The van der Waals surface area contributed by atoms with E-state index in [1.807, 2.05) is 19.8 Å². The Bertz CT molecular complexity index is 558. The number of ether oxygens (including phenoxy) is 1. The summed E-state index contributed by atoms with van der Waals surface area (Å²) >= 11 is 0. The molecule has 3 nitrogen and oxygen atoms in total. The molecule has 0 fully saturated rings. The summed E-state index contributed by atoms with van der Waals surface area (Å²) in [6.07, 6.45) is -5.99. The van der Waals surface area contributed by atoms with Gasteiger partial charge in [-0.15, -0.1) is 5.92 Å². The van der Waals surface area contributed by atoms with Gasteiger partial charge in [0.25, 0.3) is 5.60 Å². The number of hydrogen-bond acceptors (Lipinski definition) is 2. The third-order valence-electron chi connectivity index (χ3n) is 2.49. The molecule has 0 aromatic heterocycles. The summed E-state index contributed by atoms with van der Waals surface area (Å²) in [6, 6.07) is 5.54. The molecule has 6 heteroatoms. The first kappa shape index (κ1) is 15.9. The van der Waals surface area contributed by atoms with Crippen molar-refractivity contribution in [2.45, 2.75) is 32.5 Å². The number of cyclic esters (lactones) is 1. The number of fused-ring (bicyclic) bond motifs is 1. The highest BCUT2D eigenvalue weighted by molar-refractivity contribution is 5.89. The van der Waals surface area contributed by atoms with Gasteiger partial charge in [0.2, 0.25) is 0 Å². The molecular weight excluding hydrogens is 271 g/mol. The number of nitrogens with one attached hydrogen (secondary N) is 1. The average Bonchev–Trinajstić information content (AvgIpc) is 2.40. The predicted octanol–water partition coefficient (Wildman–Crippen LogP) is 4.06. The van der Waals surface area contributed by atoms with Crippen LogP contribution in [0.1, 0.15) is 26.3 Å². The fourth-order valence-corrected chi connectivity index (χ4v) is 1.78. The van der Waals surface area contributed by atoms with Gasteiger partial charge in [-0.25, -0.2) is 4.79 Å². The van der Waals surface area contributed by atoms with Crippen LogP contribution in [0.2, 0.25) is 0 Å². The number of alkyl halides is 3. The maximum Gasteiger partial charge on any atom is 0.445 e. The van der Waals surface area contributed by atoms with E-state index >= 15 is 0 Å². The fourth-order valence-electron chi connectivity index (χ4n) is 1.78. The van der Waals surface area contributed by atoms with E-state index in [-0.39, 0.29) is 11.3 Å². The Balaban J connectivity index is 0.000000956. The summed E-state index contributed by atoms with van der Waals surface area (Å²) in [7, 11) is 0. The van der Waals surface area contributed by atoms with Crippen LogP contribution in [-0.4, -0.2) is 12.3 Å². The highest BCUT2D eigenvalue weighted by Crippen LogP contribution is 2.46. The van der Waals surface area contributed by atoms with Crippen molar-refractivity contribution in [3.05, 3.63) is 29.8 Å². The molecule has 0 spiro atoms.